The van der Waals surface area contributed by atoms with Gasteiger partial charge in [-0.2, -0.15) is 0 Å². The van der Waals surface area contributed by atoms with Crippen LogP contribution in [0.5, 0.6) is 0 Å². The van der Waals surface area contributed by atoms with Gasteiger partial charge in [-0.1, -0.05) is 23.8 Å². The van der Waals surface area contributed by atoms with Gasteiger partial charge in [0.1, 0.15) is 5.60 Å². The van der Waals surface area contributed by atoms with E-state index in [0.717, 1.165) is 24.0 Å². The van der Waals surface area contributed by atoms with Crippen molar-refractivity contribution >= 4 is 11.8 Å². The van der Waals surface area contributed by atoms with E-state index in [2.05, 4.69) is 10.2 Å². The van der Waals surface area contributed by atoms with Crippen molar-refractivity contribution in [2.75, 3.05) is 0 Å². The molecule has 0 aromatic heterocycles. The number of nitrogens with one attached hydrogen (secondary N) is 1. The Hall–Kier alpha value is -2.02. The van der Waals surface area contributed by atoms with Gasteiger partial charge in [0.25, 0.3) is 0 Å². The van der Waals surface area contributed by atoms with Gasteiger partial charge >= 0.3 is 6.09 Å². The van der Waals surface area contributed by atoms with Gasteiger partial charge in [-0.25, -0.2) is 9.64 Å². The summed E-state index contributed by atoms with van der Waals surface area (Å²) in [5.41, 5.74) is 2.41. The summed E-state index contributed by atoms with van der Waals surface area (Å²) >= 11 is 0. The van der Waals surface area contributed by atoms with Crippen molar-refractivity contribution in [3.05, 3.63) is 40.7 Å². The first-order chi connectivity index (χ1) is 8.89. The number of amides is 1. The fourth-order valence-corrected chi connectivity index (χ4v) is 2.27. The Kier molecular flexibility index (Phi) is 3.48. The average Bonchev–Trinajstić information content (AvgIpc) is 2.69. The number of hydrogen-bond donors (Lipinski definition) is 1. The first kappa shape index (κ1) is 13.4. The zero-order valence-corrected chi connectivity index (χ0v) is 11.5. The molecule has 1 amide bonds. The molecule has 0 aliphatic heterocycles. The van der Waals surface area contributed by atoms with Crippen LogP contribution in [-0.4, -0.2) is 11.7 Å². The summed E-state index contributed by atoms with van der Waals surface area (Å²) in [6.07, 6.45) is 1.36. The Labute approximate surface area is 113 Å². The van der Waals surface area contributed by atoms with Crippen molar-refractivity contribution in [2.45, 2.75) is 45.3 Å². The molecule has 1 aliphatic rings. The van der Waals surface area contributed by atoms with Crippen molar-refractivity contribution in [1.82, 2.24) is 5.32 Å². The second-order valence-electron chi connectivity index (χ2n) is 5.73. The second-order valence-corrected chi connectivity index (χ2v) is 5.73. The van der Waals surface area contributed by atoms with Gasteiger partial charge in [-0.3, -0.25) is 0 Å². The van der Waals surface area contributed by atoms with E-state index in [9.17, 15) is 4.79 Å². The fourth-order valence-electron chi connectivity index (χ4n) is 2.27. The highest BCUT2D eigenvalue weighted by Crippen LogP contribution is 2.33. The zero-order valence-electron chi connectivity index (χ0n) is 11.5. The third-order valence-electron chi connectivity index (χ3n) is 3.02. The van der Waals surface area contributed by atoms with Gasteiger partial charge in [0.05, 0.1) is 12.6 Å². The third-order valence-corrected chi connectivity index (χ3v) is 3.02. The van der Waals surface area contributed by atoms with Gasteiger partial charge in [0.2, 0.25) is 0 Å². The van der Waals surface area contributed by atoms with E-state index in [-0.39, 0.29) is 12.1 Å². The number of ether oxygens (including phenoxy) is 1. The molecule has 100 valence electrons. The lowest BCUT2D eigenvalue weighted by molar-refractivity contribution is 0.0504. The molecule has 0 saturated carbocycles. The van der Waals surface area contributed by atoms with Crippen LogP contribution in [0.25, 0.3) is 4.85 Å². The molecule has 0 bridgehead atoms. The van der Waals surface area contributed by atoms with Gasteiger partial charge < -0.3 is 10.1 Å². The second kappa shape index (κ2) is 4.93. The molecule has 0 heterocycles. The van der Waals surface area contributed by atoms with Crippen molar-refractivity contribution < 1.29 is 9.53 Å². The first-order valence-electron chi connectivity index (χ1n) is 6.39. The molecule has 1 aromatic rings. The molecule has 1 atom stereocenters. The Morgan fingerprint density at radius 1 is 1.47 bits per heavy atom. The maximum atomic E-state index is 11.8. The molecule has 1 aromatic carbocycles. The number of nitrogens with zero attached hydrogens (tertiary/aromatic N) is 1. The summed E-state index contributed by atoms with van der Waals surface area (Å²) in [5.74, 6) is 0. The summed E-state index contributed by atoms with van der Waals surface area (Å²) in [6, 6.07) is 5.61. The Balaban J connectivity index is 2.07. The predicted octanol–water partition coefficient (Wildman–Crippen LogP) is 3.75. The molecule has 1 aliphatic carbocycles. The number of fused-ring (bicyclic) bond motifs is 1. The molecular formula is C15H18N2O2. The molecule has 4 nitrogen and oxygen atoms in total. The number of carbonyl (C=O) groups is 1. The third kappa shape index (κ3) is 3.25. The first-order valence-corrected chi connectivity index (χ1v) is 6.39. The number of aryl methyl sites for hydroxylation is 1. The maximum Gasteiger partial charge on any atom is 0.408 e. The highest BCUT2D eigenvalue weighted by Gasteiger charge is 2.26. The van der Waals surface area contributed by atoms with Crippen LogP contribution in [-0.2, 0) is 11.2 Å². The maximum absolute atomic E-state index is 11.8. The van der Waals surface area contributed by atoms with E-state index in [1.165, 1.54) is 0 Å². The highest BCUT2D eigenvalue weighted by molar-refractivity contribution is 5.69. The van der Waals surface area contributed by atoms with Crippen LogP contribution in [0.15, 0.2) is 18.2 Å². The molecule has 1 N–H and O–H groups in total. The lowest BCUT2D eigenvalue weighted by atomic mass is 10.1. The van der Waals surface area contributed by atoms with Crippen molar-refractivity contribution in [2.24, 2.45) is 0 Å². The van der Waals surface area contributed by atoms with Gasteiger partial charge in [0.15, 0.2) is 5.69 Å². The van der Waals surface area contributed by atoms with E-state index in [1.807, 2.05) is 32.9 Å². The molecule has 0 spiro atoms. The van der Waals surface area contributed by atoms with Crippen molar-refractivity contribution in [1.29, 1.82) is 0 Å². The summed E-state index contributed by atoms with van der Waals surface area (Å²) in [7, 11) is 0. The van der Waals surface area contributed by atoms with E-state index in [0.29, 0.717) is 5.69 Å². The SMILES string of the molecule is [C-]#[N+]c1ccc2c(c1)CC[C@H]2NC(=O)OC(C)(C)C. The number of hydrogen-bond acceptors (Lipinski definition) is 2. The quantitative estimate of drug-likeness (QED) is 0.779. The van der Waals surface area contributed by atoms with E-state index < -0.39 is 5.60 Å². The van der Waals surface area contributed by atoms with Crippen LogP contribution in [0.2, 0.25) is 0 Å². The average molecular weight is 258 g/mol. The zero-order chi connectivity index (χ0) is 14.0. The molecule has 2 rings (SSSR count). The summed E-state index contributed by atoms with van der Waals surface area (Å²) < 4.78 is 5.26. The van der Waals surface area contributed by atoms with Gasteiger partial charge in [-0.05, 0) is 39.2 Å². The molecule has 0 unspecified atom stereocenters. The van der Waals surface area contributed by atoms with E-state index in [1.54, 1.807) is 6.07 Å². The summed E-state index contributed by atoms with van der Waals surface area (Å²) in [6.45, 7) is 12.5. The van der Waals surface area contributed by atoms with Crippen LogP contribution in [0.4, 0.5) is 10.5 Å². The lowest BCUT2D eigenvalue weighted by Crippen LogP contribution is -2.34. The number of alkyl carbamates (subject to hydrolysis) is 1. The number of carbonyl (C=O) groups excluding carboxylic acids is 1. The Bertz CT molecular complexity index is 538. The van der Waals surface area contributed by atoms with Crippen LogP contribution >= 0.6 is 0 Å². The Morgan fingerprint density at radius 2 is 2.21 bits per heavy atom. The Morgan fingerprint density at radius 3 is 2.84 bits per heavy atom. The van der Waals surface area contributed by atoms with Crippen molar-refractivity contribution in [3.8, 4) is 0 Å². The molecule has 0 fully saturated rings. The minimum absolute atomic E-state index is 0.00960. The standard InChI is InChI=1S/C15H18N2O2/c1-15(2,3)19-14(18)17-13-8-5-10-9-11(16-4)6-7-12(10)13/h6-7,9,13H,5,8H2,1-3H3,(H,17,18)/t13-/m1/s1. The molecule has 19 heavy (non-hydrogen) atoms. The van der Waals surface area contributed by atoms with Gasteiger partial charge in [-0.15, -0.1) is 0 Å². The monoisotopic (exact) mass is 258 g/mol. The molecule has 0 saturated heterocycles. The number of rotatable bonds is 1. The van der Waals surface area contributed by atoms with Crippen LogP contribution < -0.4 is 5.32 Å². The summed E-state index contributed by atoms with van der Waals surface area (Å²) in [4.78, 5) is 15.2. The summed E-state index contributed by atoms with van der Waals surface area (Å²) in [5, 5.41) is 2.89. The fraction of sp³-hybridized carbons (Fsp3) is 0.467. The normalized spacial score (nSPS) is 17.5. The lowest BCUT2D eigenvalue weighted by Gasteiger charge is -2.22. The van der Waals surface area contributed by atoms with Crippen molar-refractivity contribution in [3.63, 3.8) is 0 Å². The molecule has 4 heteroatoms. The number of benzene rings is 1. The van der Waals surface area contributed by atoms with Crippen LogP contribution in [0.1, 0.15) is 44.4 Å². The van der Waals surface area contributed by atoms with Crippen LogP contribution in [0.3, 0.4) is 0 Å². The van der Waals surface area contributed by atoms with E-state index >= 15 is 0 Å². The molecular weight excluding hydrogens is 240 g/mol. The topological polar surface area (TPSA) is 42.7 Å². The largest absolute Gasteiger partial charge is 0.444 e. The van der Waals surface area contributed by atoms with Gasteiger partial charge in [0, 0.05) is 0 Å². The molecule has 0 radical (unpaired) electrons. The predicted molar refractivity (Wildman–Crippen MR) is 73.1 cm³/mol. The van der Waals surface area contributed by atoms with E-state index in [4.69, 9.17) is 11.3 Å². The minimum atomic E-state index is -0.487. The highest BCUT2D eigenvalue weighted by atomic mass is 16.6. The smallest absolute Gasteiger partial charge is 0.408 e. The minimum Gasteiger partial charge on any atom is -0.444 e. The van der Waals surface area contributed by atoms with Crippen LogP contribution in [0, 0.1) is 6.57 Å².